The molecule has 37 heavy (non-hydrogen) atoms. The highest BCUT2D eigenvalue weighted by atomic mass is 19.4. The summed E-state index contributed by atoms with van der Waals surface area (Å²) in [6, 6.07) is 4.99. The van der Waals surface area contributed by atoms with Crippen LogP contribution in [0.25, 0.3) is 22.3 Å². The lowest BCUT2D eigenvalue weighted by atomic mass is 10.2. The summed E-state index contributed by atoms with van der Waals surface area (Å²) in [4.78, 5) is 40.3. The lowest BCUT2D eigenvalue weighted by Gasteiger charge is -2.27. The zero-order chi connectivity index (χ0) is 26.4. The molecule has 1 amide bonds. The van der Waals surface area contributed by atoms with Crippen molar-refractivity contribution in [2.24, 2.45) is 0 Å². The van der Waals surface area contributed by atoms with Crippen LogP contribution in [0.1, 0.15) is 0 Å². The second-order valence-corrected chi connectivity index (χ2v) is 8.22. The van der Waals surface area contributed by atoms with E-state index in [1.165, 1.54) is 17.9 Å². The SMILES string of the molecule is COc1ccc(-c2cc3c(cn2)nc(NCC(=O)N2CCNCC2)c(=O)n3CCOCC(F)(F)F)cn1. The number of carbonyl (C=O) groups excluding carboxylic acids is 1. The Hall–Kier alpha value is -3.78. The van der Waals surface area contributed by atoms with Crippen LogP contribution in [-0.4, -0.2) is 89.5 Å². The maximum absolute atomic E-state index is 13.3. The average molecular weight is 522 g/mol. The van der Waals surface area contributed by atoms with Gasteiger partial charge in [-0.05, 0) is 12.1 Å². The number of carbonyl (C=O) groups is 1. The second kappa shape index (κ2) is 11.5. The molecule has 0 saturated carbocycles. The third-order valence-electron chi connectivity index (χ3n) is 5.68. The average Bonchev–Trinajstić information content (AvgIpc) is 2.90. The van der Waals surface area contributed by atoms with Crippen molar-refractivity contribution in [3.63, 3.8) is 0 Å². The number of nitrogens with one attached hydrogen (secondary N) is 2. The Morgan fingerprint density at radius 3 is 2.65 bits per heavy atom. The Morgan fingerprint density at radius 1 is 1.19 bits per heavy atom. The normalized spacial score (nSPS) is 14.1. The minimum atomic E-state index is -4.49. The fourth-order valence-corrected chi connectivity index (χ4v) is 3.82. The number of hydrogen-bond acceptors (Lipinski definition) is 9. The summed E-state index contributed by atoms with van der Waals surface area (Å²) < 4.78 is 48.6. The van der Waals surface area contributed by atoms with Crippen molar-refractivity contribution in [3.8, 4) is 17.1 Å². The lowest BCUT2D eigenvalue weighted by Crippen LogP contribution is -2.48. The highest BCUT2D eigenvalue weighted by Crippen LogP contribution is 2.22. The van der Waals surface area contributed by atoms with Crippen LogP contribution in [0.15, 0.2) is 35.4 Å². The molecular weight excluding hydrogens is 495 g/mol. The largest absolute Gasteiger partial charge is 0.481 e. The van der Waals surface area contributed by atoms with E-state index >= 15 is 0 Å². The standard InChI is InChI=1S/C23H26F3N7O4/c1-36-19-3-2-15(11-29-19)16-10-18-17(12-28-16)31-21(30-13-20(34)32-6-4-27-5-7-32)22(35)33(18)8-9-37-14-23(24,25)26/h2-3,10-12,27H,4-9,13-14H2,1H3,(H,30,31). The first-order chi connectivity index (χ1) is 17.7. The number of pyridine rings is 2. The third kappa shape index (κ3) is 6.71. The van der Waals surface area contributed by atoms with Gasteiger partial charge >= 0.3 is 6.18 Å². The molecule has 0 aliphatic carbocycles. The van der Waals surface area contributed by atoms with Gasteiger partial charge in [-0.1, -0.05) is 0 Å². The van der Waals surface area contributed by atoms with Crippen LogP contribution in [0, 0.1) is 0 Å². The van der Waals surface area contributed by atoms with Crippen molar-refractivity contribution < 1.29 is 27.4 Å². The summed E-state index contributed by atoms with van der Waals surface area (Å²) in [5.41, 5.74) is 1.18. The predicted molar refractivity (Wildman–Crippen MR) is 128 cm³/mol. The Kier molecular flexibility index (Phi) is 8.18. The van der Waals surface area contributed by atoms with Crippen molar-refractivity contribution >= 4 is 22.8 Å². The first-order valence-corrected chi connectivity index (χ1v) is 11.5. The summed E-state index contributed by atoms with van der Waals surface area (Å²) in [7, 11) is 1.49. The van der Waals surface area contributed by atoms with E-state index in [9.17, 15) is 22.8 Å². The molecule has 1 saturated heterocycles. The summed E-state index contributed by atoms with van der Waals surface area (Å²) in [5.74, 6) is 0.117. The van der Waals surface area contributed by atoms with Gasteiger partial charge in [0.15, 0.2) is 5.82 Å². The molecule has 0 unspecified atom stereocenters. The topological polar surface area (TPSA) is 124 Å². The van der Waals surface area contributed by atoms with Gasteiger partial charge in [0.05, 0.1) is 37.7 Å². The molecule has 0 atom stereocenters. The number of aromatic nitrogens is 4. The summed E-state index contributed by atoms with van der Waals surface area (Å²) in [6.45, 7) is 0.363. The van der Waals surface area contributed by atoms with Crippen LogP contribution < -0.4 is 20.9 Å². The molecule has 0 radical (unpaired) electrons. The van der Waals surface area contributed by atoms with Gasteiger partial charge in [0, 0.05) is 50.6 Å². The zero-order valence-corrected chi connectivity index (χ0v) is 20.0. The van der Waals surface area contributed by atoms with Crippen LogP contribution in [0.3, 0.4) is 0 Å². The minimum absolute atomic E-state index is 0.104. The second-order valence-electron chi connectivity index (χ2n) is 8.22. The van der Waals surface area contributed by atoms with Gasteiger partial charge in [-0.3, -0.25) is 14.6 Å². The molecule has 198 valence electrons. The maximum Gasteiger partial charge on any atom is 0.411 e. The molecule has 11 nitrogen and oxygen atoms in total. The van der Waals surface area contributed by atoms with Gasteiger partial charge in [0.1, 0.15) is 12.1 Å². The predicted octanol–water partition coefficient (Wildman–Crippen LogP) is 1.28. The lowest BCUT2D eigenvalue weighted by molar-refractivity contribution is -0.174. The van der Waals surface area contributed by atoms with E-state index in [4.69, 9.17) is 9.47 Å². The highest BCUT2D eigenvalue weighted by molar-refractivity contribution is 5.82. The van der Waals surface area contributed by atoms with Gasteiger partial charge in [-0.2, -0.15) is 13.2 Å². The van der Waals surface area contributed by atoms with E-state index in [0.29, 0.717) is 54.3 Å². The summed E-state index contributed by atoms with van der Waals surface area (Å²) in [6.07, 6.45) is -1.49. The first-order valence-electron chi connectivity index (χ1n) is 11.5. The van der Waals surface area contributed by atoms with Crippen molar-refractivity contribution in [1.29, 1.82) is 0 Å². The molecule has 14 heteroatoms. The van der Waals surface area contributed by atoms with E-state index in [1.807, 2.05) is 0 Å². The Bertz CT molecular complexity index is 1290. The van der Waals surface area contributed by atoms with Gasteiger partial charge < -0.3 is 29.6 Å². The number of hydrogen-bond donors (Lipinski definition) is 2. The van der Waals surface area contributed by atoms with Crippen LogP contribution in [0.5, 0.6) is 5.88 Å². The number of anilines is 1. The van der Waals surface area contributed by atoms with Crippen LogP contribution >= 0.6 is 0 Å². The maximum atomic E-state index is 13.3. The fourth-order valence-electron chi connectivity index (χ4n) is 3.82. The van der Waals surface area contributed by atoms with Gasteiger partial charge in [-0.25, -0.2) is 9.97 Å². The summed E-state index contributed by atoms with van der Waals surface area (Å²) >= 11 is 0. The minimum Gasteiger partial charge on any atom is -0.481 e. The molecular formula is C23H26F3N7O4. The number of piperazine rings is 1. The molecule has 0 spiro atoms. The van der Waals surface area contributed by atoms with Crippen molar-refractivity contribution in [2.45, 2.75) is 12.7 Å². The van der Waals surface area contributed by atoms with Crippen molar-refractivity contribution in [2.75, 3.05) is 58.4 Å². The Labute approximate surface area is 209 Å². The molecule has 2 N–H and O–H groups in total. The van der Waals surface area contributed by atoms with E-state index in [-0.39, 0.29) is 31.4 Å². The molecule has 4 rings (SSSR count). The first kappa shape index (κ1) is 26.3. The van der Waals surface area contributed by atoms with Crippen LogP contribution in [0.2, 0.25) is 0 Å². The molecule has 4 heterocycles. The highest BCUT2D eigenvalue weighted by Gasteiger charge is 2.27. The number of methoxy groups -OCH3 is 1. The Morgan fingerprint density at radius 2 is 1.97 bits per heavy atom. The molecule has 1 aliphatic rings. The van der Waals surface area contributed by atoms with E-state index in [2.05, 4.69) is 25.6 Å². The number of amides is 1. The van der Waals surface area contributed by atoms with Gasteiger partial charge in [-0.15, -0.1) is 0 Å². The molecule has 1 fully saturated rings. The van der Waals surface area contributed by atoms with Crippen molar-refractivity contribution in [1.82, 2.24) is 29.7 Å². The third-order valence-corrected chi connectivity index (χ3v) is 5.68. The van der Waals surface area contributed by atoms with Crippen molar-refractivity contribution in [3.05, 3.63) is 40.9 Å². The van der Waals surface area contributed by atoms with Gasteiger partial charge in [0.2, 0.25) is 11.8 Å². The fraction of sp³-hybridized carbons (Fsp3) is 0.435. The quantitative estimate of drug-likeness (QED) is 0.401. The van der Waals surface area contributed by atoms with Crippen LogP contribution in [-0.2, 0) is 16.1 Å². The molecule has 0 bridgehead atoms. The molecule has 0 aromatic carbocycles. The zero-order valence-electron chi connectivity index (χ0n) is 20.0. The van der Waals surface area contributed by atoms with Gasteiger partial charge in [0.25, 0.3) is 5.56 Å². The van der Waals surface area contributed by atoms with E-state index < -0.39 is 18.3 Å². The molecule has 1 aliphatic heterocycles. The number of alkyl halides is 3. The van der Waals surface area contributed by atoms with E-state index in [0.717, 1.165) is 0 Å². The van der Waals surface area contributed by atoms with E-state index in [1.54, 1.807) is 29.3 Å². The number of halogens is 3. The van der Waals surface area contributed by atoms with Crippen LogP contribution in [0.4, 0.5) is 19.0 Å². The number of nitrogens with zero attached hydrogens (tertiary/aromatic N) is 5. The number of rotatable bonds is 9. The molecule has 3 aromatic rings. The Balaban J connectivity index is 1.63. The number of fused-ring (bicyclic) bond motifs is 1. The monoisotopic (exact) mass is 521 g/mol. The number of ether oxygens (including phenoxy) is 2. The molecule has 3 aromatic heterocycles. The smallest absolute Gasteiger partial charge is 0.411 e. The summed E-state index contributed by atoms with van der Waals surface area (Å²) in [5, 5.41) is 5.94.